The zero-order valence-electron chi connectivity index (χ0n) is 13.3. The average Bonchev–Trinajstić information content (AvgIpc) is 2.49. The third-order valence-corrected chi connectivity index (χ3v) is 4.36. The van der Waals surface area contributed by atoms with Gasteiger partial charge in [0.1, 0.15) is 0 Å². The predicted octanol–water partition coefficient (Wildman–Crippen LogP) is 4.03. The molecule has 0 saturated carbocycles. The van der Waals surface area contributed by atoms with Gasteiger partial charge in [0.15, 0.2) is 5.16 Å². The van der Waals surface area contributed by atoms with Crippen LogP contribution in [0, 0.1) is 6.92 Å². The van der Waals surface area contributed by atoms with Gasteiger partial charge < -0.3 is 5.32 Å². The van der Waals surface area contributed by atoms with Crippen LogP contribution < -0.4 is 5.32 Å². The van der Waals surface area contributed by atoms with E-state index in [1.807, 2.05) is 26.0 Å². The summed E-state index contributed by atoms with van der Waals surface area (Å²) in [6, 6.07) is 7.86. The fourth-order valence-corrected chi connectivity index (χ4v) is 2.85. The molecule has 1 aromatic heterocycles. The van der Waals surface area contributed by atoms with Crippen molar-refractivity contribution in [3.8, 4) is 0 Å². The Kier molecular flexibility index (Phi) is 5.55. The number of rotatable bonds is 5. The third-order valence-electron chi connectivity index (χ3n) is 3.37. The second-order valence-electron chi connectivity index (χ2n) is 5.47. The highest BCUT2D eigenvalue weighted by Crippen LogP contribution is 2.28. The van der Waals surface area contributed by atoms with Crippen molar-refractivity contribution >= 4 is 23.4 Å². The summed E-state index contributed by atoms with van der Waals surface area (Å²) < 4.78 is 0. The Hall–Kier alpha value is -1.88. The van der Waals surface area contributed by atoms with Crippen molar-refractivity contribution < 1.29 is 4.79 Å². The first-order chi connectivity index (χ1) is 10.5. The molecule has 5 heteroatoms. The van der Waals surface area contributed by atoms with Crippen LogP contribution in [0.15, 0.2) is 41.8 Å². The Bertz CT molecular complexity index is 644. The van der Waals surface area contributed by atoms with Crippen molar-refractivity contribution in [1.29, 1.82) is 0 Å². The first-order valence-corrected chi connectivity index (χ1v) is 8.21. The number of aromatic nitrogens is 2. The molecule has 1 N–H and O–H groups in total. The fraction of sp³-hybridized carbons (Fsp3) is 0.353. The van der Waals surface area contributed by atoms with Gasteiger partial charge in [-0.05, 0) is 37.0 Å². The minimum absolute atomic E-state index is 0.0337. The Morgan fingerprint density at radius 2 is 1.82 bits per heavy atom. The zero-order valence-corrected chi connectivity index (χ0v) is 14.1. The van der Waals surface area contributed by atoms with Gasteiger partial charge in [-0.3, -0.25) is 4.79 Å². The van der Waals surface area contributed by atoms with E-state index in [1.165, 1.54) is 11.8 Å². The highest BCUT2D eigenvalue weighted by atomic mass is 32.2. The van der Waals surface area contributed by atoms with Crippen LogP contribution in [0.1, 0.15) is 37.8 Å². The van der Waals surface area contributed by atoms with Gasteiger partial charge in [0.2, 0.25) is 5.91 Å². The van der Waals surface area contributed by atoms with Crippen molar-refractivity contribution in [3.05, 3.63) is 47.8 Å². The van der Waals surface area contributed by atoms with E-state index in [9.17, 15) is 4.79 Å². The van der Waals surface area contributed by atoms with Gasteiger partial charge in [0, 0.05) is 18.1 Å². The van der Waals surface area contributed by atoms with Gasteiger partial charge in [-0.25, -0.2) is 9.97 Å². The van der Waals surface area contributed by atoms with E-state index in [1.54, 1.807) is 18.5 Å². The highest BCUT2D eigenvalue weighted by Gasteiger charge is 2.18. The summed E-state index contributed by atoms with van der Waals surface area (Å²) in [4.78, 5) is 20.7. The molecule has 0 aliphatic heterocycles. The number of carbonyl (C=O) groups excluding carboxylic acids is 1. The normalized spacial score (nSPS) is 12.2. The molecular weight excluding hydrogens is 294 g/mol. The molecule has 116 valence electrons. The summed E-state index contributed by atoms with van der Waals surface area (Å²) in [5.41, 5.74) is 3.15. The van der Waals surface area contributed by atoms with Crippen LogP contribution >= 0.6 is 11.8 Å². The first-order valence-electron chi connectivity index (χ1n) is 7.33. The summed E-state index contributed by atoms with van der Waals surface area (Å²) in [5.74, 6) is 0.323. The van der Waals surface area contributed by atoms with E-state index in [4.69, 9.17) is 0 Å². The van der Waals surface area contributed by atoms with E-state index in [0.29, 0.717) is 11.1 Å². The van der Waals surface area contributed by atoms with Crippen LogP contribution in [0.4, 0.5) is 5.69 Å². The molecule has 0 saturated heterocycles. The molecule has 0 aliphatic rings. The van der Waals surface area contributed by atoms with E-state index in [2.05, 4.69) is 35.2 Å². The summed E-state index contributed by atoms with van der Waals surface area (Å²) >= 11 is 1.36. The molecule has 1 amide bonds. The number of benzene rings is 1. The van der Waals surface area contributed by atoms with Gasteiger partial charge in [-0.2, -0.15) is 0 Å². The molecule has 1 heterocycles. The Balaban J connectivity index is 2.12. The predicted molar refractivity (Wildman–Crippen MR) is 91.2 cm³/mol. The largest absolute Gasteiger partial charge is 0.325 e. The van der Waals surface area contributed by atoms with E-state index in [0.717, 1.165) is 16.8 Å². The van der Waals surface area contributed by atoms with Crippen molar-refractivity contribution in [3.63, 3.8) is 0 Å². The SMILES string of the molecule is Cc1cccc(C(C)C)c1NC(=O)C(C)Sc1ncccn1. The third kappa shape index (κ3) is 4.07. The van der Waals surface area contributed by atoms with E-state index < -0.39 is 0 Å². The first kappa shape index (κ1) is 16.5. The average molecular weight is 315 g/mol. The smallest absolute Gasteiger partial charge is 0.237 e. The summed E-state index contributed by atoms with van der Waals surface area (Å²) in [6.07, 6.45) is 3.36. The zero-order chi connectivity index (χ0) is 16.1. The molecule has 0 spiro atoms. The maximum absolute atomic E-state index is 12.5. The standard InChI is InChI=1S/C17H21N3OS/c1-11(2)14-8-5-7-12(3)15(14)20-16(21)13(4)22-17-18-9-6-10-19-17/h5-11,13H,1-4H3,(H,20,21). The maximum atomic E-state index is 12.5. The molecule has 0 bridgehead atoms. The molecule has 4 nitrogen and oxygen atoms in total. The van der Waals surface area contributed by atoms with Crippen LogP contribution in [0.25, 0.3) is 0 Å². The molecule has 1 unspecified atom stereocenters. The van der Waals surface area contributed by atoms with Crippen LogP contribution in [0.5, 0.6) is 0 Å². The molecule has 1 aromatic carbocycles. The van der Waals surface area contributed by atoms with Crippen LogP contribution in [0.3, 0.4) is 0 Å². The number of nitrogens with one attached hydrogen (secondary N) is 1. The number of thioether (sulfide) groups is 1. The minimum atomic E-state index is -0.262. The van der Waals surface area contributed by atoms with E-state index >= 15 is 0 Å². The van der Waals surface area contributed by atoms with Gasteiger partial charge in [-0.15, -0.1) is 0 Å². The molecular formula is C17H21N3OS. The topological polar surface area (TPSA) is 54.9 Å². The molecule has 0 radical (unpaired) electrons. The number of anilines is 1. The summed E-state index contributed by atoms with van der Waals surface area (Å²) in [7, 11) is 0. The van der Waals surface area contributed by atoms with Gasteiger partial charge in [0.05, 0.1) is 5.25 Å². The second-order valence-corrected chi connectivity index (χ2v) is 6.78. The number of amides is 1. The van der Waals surface area contributed by atoms with E-state index in [-0.39, 0.29) is 11.2 Å². The van der Waals surface area contributed by atoms with Gasteiger partial charge in [-0.1, -0.05) is 43.8 Å². The molecule has 1 atom stereocenters. The maximum Gasteiger partial charge on any atom is 0.237 e. The van der Waals surface area contributed by atoms with Crippen molar-refractivity contribution in [2.75, 3.05) is 5.32 Å². The van der Waals surface area contributed by atoms with Gasteiger partial charge >= 0.3 is 0 Å². The molecule has 22 heavy (non-hydrogen) atoms. The molecule has 0 fully saturated rings. The quantitative estimate of drug-likeness (QED) is 0.668. The number of carbonyl (C=O) groups is 1. The molecule has 0 aliphatic carbocycles. The number of nitrogens with zero attached hydrogens (tertiary/aromatic N) is 2. The van der Waals surface area contributed by atoms with Crippen molar-refractivity contribution in [2.24, 2.45) is 0 Å². The number of hydrogen-bond acceptors (Lipinski definition) is 4. The summed E-state index contributed by atoms with van der Waals surface area (Å²) in [5, 5.41) is 3.41. The minimum Gasteiger partial charge on any atom is -0.325 e. The Labute approximate surface area is 135 Å². The van der Waals surface area contributed by atoms with Crippen molar-refractivity contribution in [1.82, 2.24) is 9.97 Å². The Morgan fingerprint density at radius 1 is 1.14 bits per heavy atom. The molecule has 2 aromatic rings. The lowest BCUT2D eigenvalue weighted by molar-refractivity contribution is -0.115. The second kappa shape index (κ2) is 7.40. The lowest BCUT2D eigenvalue weighted by atomic mass is 9.98. The lowest BCUT2D eigenvalue weighted by Gasteiger charge is -2.18. The molecule has 2 rings (SSSR count). The van der Waals surface area contributed by atoms with Crippen molar-refractivity contribution in [2.45, 2.75) is 44.0 Å². The number of hydrogen-bond donors (Lipinski definition) is 1. The van der Waals surface area contributed by atoms with Crippen LogP contribution in [-0.4, -0.2) is 21.1 Å². The monoisotopic (exact) mass is 315 g/mol. The number of para-hydroxylation sites is 1. The van der Waals surface area contributed by atoms with Gasteiger partial charge in [0.25, 0.3) is 0 Å². The summed E-state index contributed by atoms with van der Waals surface area (Å²) in [6.45, 7) is 8.13. The fourth-order valence-electron chi connectivity index (χ4n) is 2.13. The lowest BCUT2D eigenvalue weighted by Crippen LogP contribution is -2.24. The number of aryl methyl sites for hydroxylation is 1. The Morgan fingerprint density at radius 3 is 2.45 bits per heavy atom. The van der Waals surface area contributed by atoms with Crippen LogP contribution in [-0.2, 0) is 4.79 Å². The van der Waals surface area contributed by atoms with Crippen LogP contribution in [0.2, 0.25) is 0 Å². The highest BCUT2D eigenvalue weighted by molar-refractivity contribution is 8.00.